The Bertz CT molecular complexity index is 667. The lowest BCUT2D eigenvalue weighted by atomic mass is 9.99. The highest BCUT2D eigenvalue weighted by Gasteiger charge is 2.15. The van der Waals surface area contributed by atoms with Gasteiger partial charge in [-0.05, 0) is 71.2 Å². The molecule has 0 aliphatic carbocycles. The molecule has 2 nitrogen and oxygen atoms in total. The Morgan fingerprint density at radius 3 is 2.42 bits per heavy atom. The number of rotatable bonds is 2. The van der Waals surface area contributed by atoms with E-state index in [-0.39, 0.29) is 5.78 Å². The van der Waals surface area contributed by atoms with Crippen molar-refractivity contribution in [1.82, 2.24) is 0 Å². The standard InChI is InChI=1S/C15H13BrClNO/c1-8-5-11(13(17)6-9(8)2)15(19)10-3-4-12(16)14(18)7-10/h3-7H,18H2,1-2H3. The van der Waals surface area contributed by atoms with Gasteiger partial charge < -0.3 is 5.73 Å². The van der Waals surface area contributed by atoms with E-state index >= 15 is 0 Å². The molecule has 2 N–H and O–H groups in total. The number of halogens is 2. The van der Waals surface area contributed by atoms with Gasteiger partial charge in [-0.15, -0.1) is 0 Å². The number of hydrogen-bond acceptors (Lipinski definition) is 2. The fourth-order valence-electron chi connectivity index (χ4n) is 1.80. The number of carbonyl (C=O) groups is 1. The van der Waals surface area contributed by atoms with E-state index < -0.39 is 0 Å². The molecule has 0 spiro atoms. The maximum atomic E-state index is 12.4. The van der Waals surface area contributed by atoms with Gasteiger partial charge in [-0.1, -0.05) is 11.6 Å². The van der Waals surface area contributed by atoms with Crippen LogP contribution in [-0.4, -0.2) is 5.78 Å². The Labute approximate surface area is 125 Å². The third kappa shape index (κ3) is 2.82. The molecule has 19 heavy (non-hydrogen) atoms. The molecule has 0 unspecified atom stereocenters. The zero-order chi connectivity index (χ0) is 14.2. The molecule has 2 rings (SSSR count). The van der Waals surface area contributed by atoms with Gasteiger partial charge >= 0.3 is 0 Å². The highest BCUT2D eigenvalue weighted by Crippen LogP contribution is 2.26. The molecular weight excluding hydrogens is 326 g/mol. The average Bonchev–Trinajstić information content (AvgIpc) is 2.36. The van der Waals surface area contributed by atoms with Crippen LogP contribution in [0.25, 0.3) is 0 Å². The molecule has 0 amide bonds. The number of ketones is 1. The van der Waals surface area contributed by atoms with Crippen LogP contribution in [-0.2, 0) is 0 Å². The molecule has 98 valence electrons. The minimum atomic E-state index is -0.118. The van der Waals surface area contributed by atoms with Crippen molar-refractivity contribution in [2.75, 3.05) is 5.73 Å². The third-order valence-electron chi connectivity index (χ3n) is 3.09. The summed E-state index contributed by atoms with van der Waals surface area (Å²) in [5, 5.41) is 0.467. The van der Waals surface area contributed by atoms with Crippen LogP contribution >= 0.6 is 27.5 Å². The number of aryl methyl sites for hydroxylation is 2. The molecule has 0 atom stereocenters. The zero-order valence-electron chi connectivity index (χ0n) is 10.6. The van der Waals surface area contributed by atoms with Crippen molar-refractivity contribution in [3.8, 4) is 0 Å². The highest BCUT2D eigenvalue weighted by molar-refractivity contribution is 9.10. The second-order valence-electron chi connectivity index (χ2n) is 4.48. The molecule has 0 bridgehead atoms. The van der Waals surface area contributed by atoms with Crippen molar-refractivity contribution in [2.45, 2.75) is 13.8 Å². The van der Waals surface area contributed by atoms with Crippen molar-refractivity contribution in [2.24, 2.45) is 0 Å². The summed E-state index contributed by atoms with van der Waals surface area (Å²) in [6, 6.07) is 8.77. The summed E-state index contributed by atoms with van der Waals surface area (Å²) >= 11 is 9.46. The van der Waals surface area contributed by atoms with Crippen LogP contribution in [0.2, 0.25) is 5.02 Å². The van der Waals surface area contributed by atoms with Crippen molar-refractivity contribution in [3.63, 3.8) is 0 Å². The molecule has 0 saturated carbocycles. The van der Waals surface area contributed by atoms with Gasteiger partial charge in [0.15, 0.2) is 5.78 Å². The van der Waals surface area contributed by atoms with Crippen LogP contribution < -0.4 is 5.73 Å². The van der Waals surface area contributed by atoms with E-state index in [2.05, 4.69) is 15.9 Å². The summed E-state index contributed by atoms with van der Waals surface area (Å²) in [7, 11) is 0. The van der Waals surface area contributed by atoms with E-state index in [0.29, 0.717) is 21.8 Å². The van der Waals surface area contributed by atoms with E-state index in [1.807, 2.05) is 26.0 Å². The Morgan fingerprint density at radius 1 is 1.16 bits per heavy atom. The minimum Gasteiger partial charge on any atom is -0.398 e. The zero-order valence-corrected chi connectivity index (χ0v) is 13.0. The van der Waals surface area contributed by atoms with Gasteiger partial charge in [-0.25, -0.2) is 0 Å². The van der Waals surface area contributed by atoms with Gasteiger partial charge in [0.1, 0.15) is 0 Å². The first-order valence-electron chi connectivity index (χ1n) is 5.76. The summed E-state index contributed by atoms with van der Waals surface area (Å²) in [6.07, 6.45) is 0. The number of nitrogen functional groups attached to an aromatic ring is 1. The molecule has 0 radical (unpaired) electrons. The quantitative estimate of drug-likeness (QED) is 0.645. The van der Waals surface area contributed by atoms with Crippen molar-refractivity contribution < 1.29 is 4.79 Å². The maximum absolute atomic E-state index is 12.4. The highest BCUT2D eigenvalue weighted by atomic mass is 79.9. The second-order valence-corrected chi connectivity index (χ2v) is 5.74. The first-order valence-corrected chi connectivity index (χ1v) is 6.93. The van der Waals surface area contributed by atoms with Crippen LogP contribution in [0.15, 0.2) is 34.8 Å². The van der Waals surface area contributed by atoms with E-state index in [1.54, 1.807) is 18.2 Å². The summed E-state index contributed by atoms with van der Waals surface area (Å²) in [5.41, 5.74) is 9.48. The van der Waals surface area contributed by atoms with Gasteiger partial charge in [0.25, 0.3) is 0 Å². The fraction of sp³-hybridized carbons (Fsp3) is 0.133. The molecule has 0 heterocycles. The SMILES string of the molecule is Cc1cc(Cl)c(C(=O)c2ccc(Br)c(N)c2)cc1C. The van der Waals surface area contributed by atoms with Gasteiger partial charge in [-0.3, -0.25) is 4.79 Å². The van der Waals surface area contributed by atoms with Crippen molar-refractivity contribution >= 4 is 39.0 Å². The number of hydrogen-bond donors (Lipinski definition) is 1. The van der Waals surface area contributed by atoms with E-state index in [0.717, 1.165) is 15.6 Å². The lowest BCUT2D eigenvalue weighted by Gasteiger charge is -2.08. The van der Waals surface area contributed by atoms with E-state index in [9.17, 15) is 4.79 Å². The normalized spacial score (nSPS) is 10.5. The topological polar surface area (TPSA) is 43.1 Å². The van der Waals surface area contributed by atoms with Crippen LogP contribution in [0.5, 0.6) is 0 Å². The average molecular weight is 339 g/mol. The number of benzene rings is 2. The summed E-state index contributed by atoms with van der Waals surface area (Å²) in [5.74, 6) is -0.118. The smallest absolute Gasteiger partial charge is 0.194 e. The van der Waals surface area contributed by atoms with Gasteiger partial charge in [0.05, 0.1) is 5.02 Å². The van der Waals surface area contributed by atoms with Crippen LogP contribution in [0.1, 0.15) is 27.0 Å². The maximum Gasteiger partial charge on any atom is 0.194 e. The molecule has 4 heteroatoms. The third-order valence-corrected chi connectivity index (χ3v) is 4.12. The molecule has 0 aromatic heterocycles. The Balaban J connectivity index is 2.49. The number of nitrogens with two attached hydrogens (primary N) is 1. The summed E-state index contributed by atoms with van der Waals surface area (Å²) < 4.78 is 0.773. The first-order chi connectivity index (χ1) is 8.90. The fourth-order valence-corrected chi connectivity index (χ4v) is 2.35. The van der Waals surface area contributed by atoms with E-state index in [4.69, 9.17) is 17.3 Å². The number of carbonyl (C=O) groups excluding carboxylic acids is 1. The van der Waals surface area contributed by atoms with Crippen molar-refractivity contribution in [1.29, 1.82) is 0 Å². The monoisotopic (exact) mass is 337 g/mol. The number of anilines is 1. The lowest BCUT2D eigenvalue weighted by molar-refractivity contribution is 0.103. The predicted octanol–water partition coefficient (Wildman–Crippen LogP) is 4.53. The molecular formula is C15H13BrClNO. The molecule has 0 saturated heterocycles. The second kappa shape index (κ2) is 5.35. The predicted molar refractivity (Wildman–Crippen MR) is 82.9 cm³/mol. The molecule has 0 fully saturated rings. The van der Waals surface area contributed by atoms with E-state index in [1.165, 1.54) is 0 Å². The molecule has 0 aliphatic heterocycles. The van der Waals surface area contributed by atoms with Crippen LogP contribution in [0.3, 0.4) is 0 Å². The van der Waals surface area contributed by atoms with Gasteiger partial charge in [0, 0.05) is 21.3 Å². The first kappa shape index (κ1) is 14.1. The molecule has 2 aromatic rings. The summed E-state index contributed by atoms with van der Waals surface area (Å²) in [4.78, 5) is 12.4. The molecule has 2 aromatic carbocycles. The lowest BCUT2D eigenvalue weighted by Crippen LogP contribution is -2.04. The van der Waals surface area contributed by atoms with Crippen LogP contribution in [0.4, 0.5) is 5.69 Å². The Kier molecular flexibility index (Phi) is 3.97. The van der Waals surface area contributed by atoms with Gasteiger partial charge in [-0.2, -0.15) is 0 Å². The largest absolute Gasteiger partial charge is 0.398 e. The van der Waals surface area contributed by atoms with Crippen molar-refractivity contribution in [3.05, 3.63) is 62.1 Å². The molecule has 0 aliphatic rings. The Hall–Kier alpha value is -1.32. The van der Waals surface area contributed by atoms with Crippen LogP contribution in [0, 0.1) is 13.8 Å². The minimum absolute atomic E-state index is 0.118. The Morgan fingerprint density at radius 2 is 1.79 bits per heavy atom. The summed E-state index contributed by atoms with van der Waals surface area (Å²) in [6.45, 7) is 3.92. The van der Waals surface area contributed by atoms with Gasteiger partial charge in [0.2, 0.25) is 0 Å².